The van der Waals surface area contributed by atoms with Crippen molar-refractivity contribution in [2.45, 2.75) is 20.3 Å². The molecule has 0 fully saturated rings. The summed E-state index contributed by atoms with van der Waals surface area (Å²) < 4.78 is 0. The molecule has 0 aliphatic carbocycles. The van der Waals surface area contributed by atoms with Crippen LogP contribution in [0.5, 0.6) is 0 Å². The molecule has 0 saturated carbocycles. The normalized spacial score (nSPS) is 10.6. The first-order valence-electron chi connectivity index (χ1n) is 7.27. The predicted octanol–water partition coefficient (Wildman–Crippen LogP) is 4.10. The molecule has 0 aliphatic heterocycles. The summed E-state index contributed by atoms with van der Waals surface area (Å²) >= 11 is 0. The van der Waals surface area contributed by atoms with Gasteiger partial charge in [0.05, 0.1) is 0 Å². The average molecular weight is 293 g/mol. The number of hydrogen-bond acceptors (Lipinski definition) is 2. The van der Waals surface area contributed by atoms with E-state index in [2.05, 4.69) is 12.2 Å². The van der Waals surface area contributed by atoms with Crippen molar-refractivity contribution in [3.8, 4) is 0 Å². The van der Waals surface area contributed by atoms with Gasteiger partial charge in [-0.15, -0.1) is 0 Å². The first-order valence-corrected chi connectivity index (χ1v) is 7.27. The highest BCUT2D eigenvalue weighted by molar-refractivity contribution is 6.06. The number of amides is 1. The van der Waals surface area contributed by atoms with Crippen LogP contribution in [-0.2, 0) is 11.2 Å². The molecule has 0 aliphatic rings. The molecular formula is C19H19NO2. The molecule has 3 nitrogen and oxygen atoms in total. The molecule has 0 radical (unpaired) electrons. The molecule has 2 aromatic rings. The Hall–Kier alpha value is -2.68. The van der Waals surface area contributed by atoms with Crippen LogP contribution >= 0.6 is 0 Å². The molecule has 1 N–H and O–H groups in total. The fourth-order valence-corrected chi connectivity index (χ4v) is 2.09. The number of carbonyl (C=O) groups excluding carboxylic acids is 2. The number of allylic oxidation sites excluding steroid dienone is 1. The van der Waals surface area contributed by atoms with Crippen LogP contribution in [0.15, 0.2) is 54.6 Å². The molecule has 22 heavy (non-hydrogen) atoms. The Balaban J connectivity index is 2.07. The predicted molar refractivity (Wildman–Crippen MR) is 89.9 cm³/mol. The lowest BCUT2D eigenvalue weighted by molar-refractivity contribution is -0.114. The number of carbonyl (C=O) groups is 2. The highest BCUT2D eigenvalue weighted by Gasteiger charge is 2.02. The van der Waals surface area contributed by atoms with Crippen molar-refractivity contribution < 1.29 is 9.59 Å². The van der Waals surface area contributed by atoms with E-state index in [-0.39, 0.29) is 11.7 Å². The maximum Gasteiger partial charge on any atom is 0.221 e. The van der Waals surface area contributed by atoms with Gasteiger partial charge in [-0.3, -0.25) is 9.59 Å². The molecule has 0 saturated heterocycles. The lowest BCUT2D eigenvalue weighted by Gasteiger charge is -2.02. The van der Waals surface area contributed by atoms with Gasteiger partial charge in [0, 0.05) is 18.2 Å². The molecule has 0 aromatic heterocycles. The van der Waals surface area contributed by atoms with E-state index in [9.17, 15) is 9.59 Å². The topological polar surface area (TPSA) is 46.2 Å². The number of benzene rings is 2. The Morgan fingerprint density at radius 1 is 1.09 bits per heavy atom. The zero-order chi connectivity index (χ0) is 15.9. The van der Waals surface area contributed by atoms with Crippen molar-refractivity contribution >= 4 is 23.5 Å². The van der Waals surface area contributed by atoms with E-state index in [0.29, 0.717) is 5.56 Å². The maximum absolute atomic E-state index is 12.2. The van der Waals surface area contributed by atoms with Gasteiger partial charge in [-0.05, 0) is 41.8 Å². The second kappa shape index (κ2) is 7.36. The Bertz CT molecular complexity index is 700. The van der Waals surface area contributed by atoms with Gasteiger partial charge in [0.2, 0.25) is 5.91 Å². The van der Waals surface area contributed by atoms with E-state index in [0.717, 1.165) is 23.2 Å². The van der Waals surface area contributed by atoms with Crippen LogP contribution in [0.3, 0.4) is 0 Å². The largest absolute Gasteiger partial charge is 0.326 e. The van der Waals surface area contributed by atoms with E-state index in [4.69, 9.17) is 0 Å². The van der Waals surface area contributed by atoms with Crippen molar-refractivity contribution in [2.24, 2.45) is 0 Å². The van der Waals surface area contributed by atoms with Crippen molar-refractivity contribution in [2.75, 3.05) is 5.32 Å². The van der Waals surface area contributed by atoms with Crippen molar-refractivity contribution in [1.29, 1.82) is 0 Å². The van der Waals surface area contributed by atoms with Gasteiger partial charge < -0.3 is 5.32 Å². The number of hydrogen-bond donors (Lipinski definition) is 1. The average Bonchev–Trinajstić information content (AvgIpc) is 2.53. The van der Waals surface area contributed by atoms with Gasteiger partial charge >= 0.3 is 0 Å². The van der Waals surface area contributed by atoms with Crippen LogP contribution in [-0.4, -0.2) is 11.7 Å². The maximum atomic E-state index is 12.2. The summed E-state index contributed by atoms with van der Waals surface area (Å²) in [5, 5.41) is 2.71. The summed E-state index contributed by atoms with van der Waals surface area (Å²) in [6.45, 7) is 3.53. The Morgan fingerprint density at radius 3 is 2.45 bits per heavy atom. The zero-order valence-corrected chi connectivity index (χ0v) is 12.8. The second-order valence-electron chi connectivity index (χ2n) is 5.05. The Morgan fingerprint density at radius 2 is 1.82 bits per heavy atom. The molecule has 0 bridgehead atoms. The van der Waals surface area contributed by atoms with Crippen LogP contribution < -0.4 is 5.32 Å². The number of aryl methyl sites for hydroxylation is 1. The van der Waals surface area contributed by atoms with Crippen LogP contribution in [0.1, 0.15) is 35.3 Å². The molecule has 0 spiro atoms. The van der Waals surface area contributed by atoms with Crippen LogP contribution in [0.2, 0.25) is 0 Å². The fourth-order valence-electron chi connectivity index (χ4n) is 2.09. The molecular weight excluding hydrogens is 274 g/mol. The first kappa shape index (κ1) is 15.7. The fraction of sp³-hybridized carbons (Fsp3) is 0.158. The third-order valence-corrected chi connectivity index (χ3v) is 3.28. The van der Waals surface area contributed by atoms with E-state index in [1.807, 2.05) is 48.5 Å². The Kier molecular flexibility index (Phi) is 5.26. The molecule has 2 rings (SSSR count). The number of nitrogens with one attached hydrogen (secondary N) is 1. The minimum atomic E-state index is -0.103. The first-order chi connectivity index (χ1) is 10.6. The van der Waals surface area contributed by atoms with Crippen molar-refractivity contribution in [1.82, 2.24) is 0 Å². The molecule has 112 valence electrons. The summed E-state index contributed by atoms with van der Waals surface area (Å²) in [5.41, 5.74) is 3.50. The monoisotopic (exact) mass is 293 g/mol. The van der Waals surface area contributed by atoms with Crippen LogP contribution in [0, 0.1) is 0 Å². The molecule has 3 heteroatoms. The summed E-state index contributed by atoms with van der Waals surface area (Å²) in [4.78, 5) is 23.1. The number of rotatable bonds is 5. The van der Waals surface area contributed by atoms with Gasteiger partial charge in [-0.2, -0.15) is 0 Å². The highest BCUT2D eigenvalue weighted by Crippen LogP contribution is 2.12. The summed E-state index contributed by atoms with van der Waals surface area (Å²) in [5.74, 6) is -0.115. The number of anilines is 1. The van der Waals surface area contributed by atoms with Gasteiger partial charge in [-0.25, -0.2) is 0 Å². The minimum Gasteiger partial charge on any atom is -0.326 e. The minimum absolute atomic E-state index is 0.0127. The smallest absolute Gasteiger partial charge is 0.221 e. The third-order valence-electron chi connectivity index (χ3n) is 3.28. The van der Waals surface area contributed by atoms with E-state index in [1.54, 1.807) is 12.2 Å². The molecule has 0 unspecified atom stereocenters. The van der Waals surface area contributed by atoms with Crippen molar-refractivity contribution in [3.05, 3.63) is 71.3 Å². The zero-order valence-electron chi connectivity index (χ0n) is 12.8. The summed E-state index contributed by atoms with van der Waals surface area (Å²) in [6.07, 6.45) is 4.26. The van der Waals surface area contributed by atoms with Crippen LogP contribution in [0.25, 0.3) is 6.08 Å². The summed E-state index contributed by atoms with van der Waals surface area (Å²) in [7, 11) is 0. The molecule has 0 heterocycles. The third kappa shape index (κ3) is 4.42. The van der Waals surface area contributed by atoms with Crippen molar-refractivity contribution in [3.63, 3.8) is 0 Å². The molecule has 2 aromatic carbocycles. The van der Waals surface area contributed by atoms with Gasteiger partial charge in [0.1, 0.15) is 0 Å². The van der Waals surface area contributed by atoms with E-state index >= 15 is 0 Å². The summed E-state index contributed by atoms with van der Waals surface area (Å²) in [6, 6.07) is 15.0. The quantitative estimate of drug-likeness (QED) is 0.666. The standard InChI is InChI=1S/C19H19NO2/c1-3-15-5-4-6-17(13-15)19(22)12-9-16-7-10-18(11-8-16)20-14(2)21/h4-13H,3H2,1-2H3,(H,20,21)/b12-9+. The molecule has 0 atom stereocenters. The second-order valence-corrected chi connectivity index (χ2v) is 5.05. The SMILES string of the molecule is CCc1cccc(C(=O)/C=C/c2ccc(NC(C)=O)cc2)c1. The van der Waals surface area contributed by atoms with Gasteiger partial charge in [0.25, 0.3) is 0 Å². The number of ketones is 1. The van der Waals surface area contributed by atoms with E-state index in [1.165, 1.54) is 6.92 Å². The lowest BCUT2D eigenvalue weighted by atomic mass is 10.0. The Labute approximate surface area is 130 Å². The van der Waals surface area contributed by atoms with Gasteiger partial charge in [-0.1, -0.05) is 43.3 Å². The van der Waals surface area contributed by atoms with E-state index < -0.39 is 0 Å². The highest BCUT2D eigenvalue weighted by atomic mass is 16.1. The molecule has 1 amide bonds. The van der Waals surface area contributed by atoms with Crippen LogP contribution in [0.4, 0.5) is 5.69 Å². The van der Waals surface area contributed by atoms with Gasteiger partial charge in [0.15, 0.2) is 5.78 Å². The lowest BCUT2D eigenvalue weighted by Crippen LogP contribution is -2.05.